The zero-order valence-electron chi connectivity index (χ0n) is 14.9. The summed E-state index contributed by atoms with van der Waals surface area (Å²) in [6.07, 6.45) is 0. The first-order chi connectivity index (χ1) is 11.3. The number of aliphatic hydroxyl groups excluding tert-OH is 1. The number of hydrogen-bond acceptors (Lipinski definition) is 5. The first-order valence-electron chi connectivity index (χ1n) is 8.33. The summed E-state index contributed by atoms with van der Waals surface area (Å²) >= 11 is 0. The molecule has 2 rings (SSSR count). The van der Waals surface area contributed by atoms with Gasteiger partial charge >= 0.3 is 0 Å². The molecule has 136 valence electrons. The van der Waals surface area contributed by atoms with Crippen LogP contribution in [0.25, 0.3) is 0 Å². The van der Waals surface area contributed by atoms with Crippen molar-refractivity contribution in [1.29, 1.82) is 0 Å². The average Bonchev–Trinajstić information content (AvgIpc) is 2.54. The molecule has 1 saturated heterocycles. The lowest BCUT2D eigenvalue weighted by Crippen LogP contribution is -2.49. The van der Waals surface area contributed by atoms with Gasteiger partial charge in [-0.3, -0.25) is 4.90 Å². The third-order valence-corrected chi connectivity index (χ3v) is 6.46. The van der Waals surface area contributed by atoms with Gasteiger partial charge in [0.25, 0.3) is 0 Å². The number of benzene rings is 1. The summed E-state index contributed by atoms with van der Waals surface area (Å²) in [6, 6.07) is 3.57. The van der Waals surface area contributed by atoms with Gasteiger partial charge in [0, 0.05) is 32.7 Å². The van der Waals surface area contributed by atoms with Crippen molar-refractivity contribution in [1.82, 2.24) is 9.21 Å². The fourth-order valence-corrected chi connectivity index (χ4v) is 4.73. The van der Waals surface area contributed by atoms with Crippen LogP contribution in [0.1, 0.15) is 30.9 Å². The summed E-state index contributed by atoms with van der Waals surface area (Å²) in [5.41, 5.74) is 2.06. The summed E-state index contributed by atoms with van der Waals surface area (Å²) in [5.74, 6) is 0.640. The van der Waals surface area contributed by atoms with Crippen molar-refractivity contribution in [2.45, 2.75) is 31.6 Å². The molecule has 1 aliphatic rings. The minimum Gasteiger partial charge on any atom is -0.495 e. The number of ether oxygens (including phenoxy) is 1. The van der Waals surface area contributed by atoms with E-state index in [1.807, 2.05) is 13.0 Å². The fourth-order valence-electron chi connectivity index (χ4n) is 3.13. The maximum atomic E-state index is 13.1. The van der Waals surface area contributed by atoms with Gasteiger partial charge in [0.05, 0.1) is 13.7 Å². The Labute approximate surface area is 145 Å². The topological polar surface area (TPSA) is 70.1 Å². The van der Waals surface area contributed by atoms with Crippen molar-refractivity contribution < 1.29 is 18.3 Å². The van der Waals surface area contributed by atoms with E-state index in [1.54, 1.807) is 6.07 Å². The van der Waals surface area contributed by atoms with Gasteiger partial charge in [-0.05, 0) is 36.1 Å². The predicted octanol–water partition coefficient (Wildman–Crippen LogP) is 1.43. The largest absolute Gasteiger partial charge is 0.495 e. The number of aliphatic hydroxyl groups is 1. The van der Waals surface area contributed by atoms with Gasteiger partial charge in [-0.25, -0.2) is 8.42 Å². The Morgan fingerprint density at radius 2 is 1.83 bits per heavy atom. The molecule has 0 unspecified atom stereocenters. The molecule has 1 aromatic carbocycles. The maximum Gasteiger partial charge on any atom is 0.246 e. The van der Waals surface area contributed by atoms with E-state index in [0.717, 1.165) is 11.1 Å². The lowest BCUT2D eigenvalue weighted by molar-refractivity contribution is 0.151. The second-order valence-corrected chi connectivity index (χ2v) is 8.39. The molecule has 1 heterocycles. The zero-order valence-corrected chi connectivity index (χ0v) is 15.8. The van der Waals surface area contributed by atoms with E-state index < -0.39 is 10.0 Å². The third-order valence-electron chi connectivity index (χ3n) is 4.54. The molecule has 6 nitrogen and oxygen atoms in total. The van der Waals surface area contributed by atoms with Crippen LogP contribution in [0.4, 0.5) is 0 Å². The van der Waals surface area contributed by atoms with Gasteiger partial charge in [0.15, 0.2) is 0 Å². The predicted molar refractivity (Wildman–Crippen MR) is 94.1 cm³/mol. The fraction of sp³-hybridized carbons (Fsp3) is 0.647. The van der Waals surface area contributed by atoms with E-state index in [2.05, 4.69) is 18.7 Å². The monoisotopic (exact) mass is 356 g/mol. The minimum absolute atomic E-state index is 0.0935. The Bertz CT molecular complexity index is 665. The summed E-state index contributed by atoms with van der Waals surface area (Å²) < 4.78 is 33.1. The molecule has 24 heavy (non-hydrogen) atoms. The smallest absolute Gasteiger partial charge is 0.246 e. The van der Waals surface area contributed by atoms with Gasteiger partial charge in [-0.1, -0.05) is 13.8 Å². The van der Waals surface area contributed by atoms with Crippen LogP contribution in [-0.2, 0) is 10.0 Å². The Kier molecular flexibility index (Phi) is 6.25. The summed E-state index contributed by atoms with van der Waals surface area (Å²) in [7, 11) is -2.09. The lowest BCUT2D eigenvalue weighted by Gasteiger charge is -2.34. The average molecular weight is 356 g/mol. The number of methoxy groups -OCH3 is 1. The lowest BCUT2D eigenvalue weighted by atomic mass is 9.98. The standard InChI is InChI=1S/C17H28N2O4S/c1-13(2)15-12-17(16(23-4)11-14(15)3)24(21,22)19-7-5-18(6-8-19)9-10-20/h11-13,20H,5-10H2,1-4H3. The minimum atomic E-state index is -3.60. The molecular formula is C17H28N2O4S. The summed E-state index contributed by atoms with van der Waals surface area (Å²) in [6.45, 7) is 8.87. The zero-order chi connectivity index (χ0) is 17.9. The summed E-state index contributed by atoms with van der Waals surface area (Å²) in [4.78, 5) is 2.31. The second-order valence-electron chi connectivity index (χ2n) is 6.48. The van der Waals surface area contributed by atoms with Crippen LogP contribution in [0, 0.1) is 6.92 Å². The van der Waals surface area contributed by atoms with E-state index in [1.165, 1.54) is 11.4 Å². The molecule has 0 aliphatic carbocycles. The molecule has 0 atom stereocenters. The quantitative estimate of drug-likeness (QED) is 0.835. The number of piperazine rings is 1. The van der Waals surface area contributed by atoms with E-state index in [4.69, 9.17) is 9.84 Å². The van der Waals surface area contributed by atoms with Gasteiger partial charge in [-0.15, -0.1) is 0 Å². The highest BCUT2D eigenvalue weighted by Gasteiger charge is 2.31. The first kappa shape index (κ1) is 19.2. The molecule has 0 saturated carbocycles. The third kappa shape index (κ3) is 3.91. The molecule has 1 fully saturated rings. The van der Waals surface area contributed by atoms with Crippen LogP contribution in [0.5, 0.6) is 5.75 Å². The number of β-amino-alcohol motifs (C(OH)–C–C–N with tert-alkyl or cyclic N) is 1. The molecule has 0 bridgehead atoms. The van der Waals surface area contributed by atoms with Crippen molar-refractivity contribution in [3.05, 3.63) is 23.3 Å². The molecule has 1 aromatic rings. The molecule has 1 aliphatic heterocycles. The van der Waals surface area contributed by atoms with E-state index >= 15 is 0 Å². The molecule has 0 amide bonds. The maximum absolute atomic E-state index is 13.1. The first-order valence-corrected chi connectivity index (χ1v) is 9.77. The molecule has 0 radical (unpaired) electrons. The Balaban J connectivity index is 2.34. The van der Waals surface area contributed by atoms with Crippen molar-refractivity contribution in [3.63, 3.8) is 0 Å². The molecular weight excluding hydrogens is 328 g/mol. The van der Waals surface area contributed by atoms with E-state index in [-0.39, 0.29) is 17.4 Å². The van der Waals surface area contributed by atoms with Gasteiger partial charge in [0.2, 0.25) is 10.0 Å². The van der Waals surface area contributed by atoms with E-state index in [0.29, 0.717) is 38.5 Å². The number of aryl methyl sites for hydroxylation is 1. The molecule has 0 aromatic heterocycles. The van der Waals surface area contributed by atoms with Crippen molar-refractivity contribution in [3.8, 4) is 5.75 Å². The Morgan fingerprint density at radius 3 is 2.33 bits per heavy atom. The molecule has 7 heteroatoms. The van der Waals surface area contributed by atoms with E-state index in [9.17, 15) is 8.42 Å². The van der Waals surface area contributed by atoms with Crippen LogP contribution in [0.15, 0.2) is 17.0 Å². The summed E-state index contributed by atoms with van der Waals surface area (Å²) in [5, 5.41) is 9.01. The second kappa shape index (κ2) is 7.82. The van der Waals surface area contributed by atoms with Crippen LogP contribution < -0.4 is 4.74 Å². The van der Waals surface area contributed by atoms with Crippen molar-refractivity contribution in [2.75, 3.05) is 46.4 Å². The number of rotatable bonds is 6. The van der Waals surface area contributed by atoms with Crippen LogP contribution >= 0.6 is 0 Å². The highest BCUT2D eigenvalue weighted by Crippen LogP contribution is 2.33. The highest BCUT2D eigenvalue weighted by atomic mass is 32.2. The van der Waals surface area contributed by atoms with Gasteiger partial charge in [0.1, 0.15) is 10.6 Å². The van der Waals surface area contributed by atoms with Gasteiger partial charge in [-0.2, -0.15) is 4.31 Å². The van der Waals surface area contributed by atoms with Crippen LogP contribution in [0.2, 0.25) is 0 Å². The Hall–Kier alpha value is -1.15. The van der Waals surface area contributed by atoms with Gasteiger partial charge < -0.3 is 9.84 Å². The van der Waals surface area contributed by atoms with Crippen LogP contribution in [0.3, 0.4) is 0 Å². The normalized spacial score (nSPS) is 17.4. The number of nitrogens with zero attached hydrogens (tertiary/aromatic N) is 2. The molecule has 1 N–H and O–H groups in total. The molecule has 0 spiro atoms. The SMILES string of the molecule is COc1cc(C)c(C(C)C)cc1S(=O)(=O)N1CCN(CCO)CC1. The number of hydrogen-bond donors (Lipinski definition) is 1. The Morgan fingerprint density at radius 1 is 1.21 bits per heavy atom. The highest BCUT2D eigenvalue weighted by molar-refractivity contribution is 7.89. The van der Waals surface area contributed by atoms with Crippen molar-refractivity contribution >= 4 is 10.0 Å². The number of sulfonamides is 1. The van der Waals surface area contributed by atoms with Crippen molar-refractivity contribution in [2.24, 2.45) is 0 Å². The van der Waals surface area contributed by atoms with Crippen LogP contribution in [-0.4, -0.2) is 69.2 Å².